The molecule has 0 aromatic rings. The van der Waals surface area contributed by atoms with E-state index in [1.54, 1.807) is 0 Å². The van der Waals surface area contributed by atoms with Crippen LogP contribution in [0.5, 0.6) is 0 Å². The zero-order valence-corrected chi connectivity index (χ0v) is 8.18. The summed E-state index contributed by atoms with van der Waals surface area (Å²) in [5, 5.41) is 11.7. The summed E-state index contributed by atoms with van der Waals surface area (Å²) in [5.74, 6) is 0. The third kappa shape index (κ3) is 9.88. The molecule has 0 aromatic carbocycles. The Morgan fingerprint density at radius 2 is 2.00 bits per heavy atom. The van der Waals surface area contributed by atoms with Gasteiger partial charge in [-0.1, -0.05) is 13.8 Å². The molecule has 0 fully saturated rings. The minimum absolute atomic E-state index is 0.129. The predicted molar refractivity (Wildman–Crippen MR) is 50.3 cm³/mol. The highest BCUT2D eigenvalue weighted by molar-refractivity contribution is 4.52. The maximum atomic E-state index is 8.40. The highest BCUT2D eigenvalue weighted by atomic mass is 16.5. The first-order valence-corrected chi connectivity index (χ1v) is 4.69. The van der Waals surface area contributed by atoms with Gasteiger partial charge in [0, 0.05) is 12.6 Å². The number of aliphatic hydroxyl groups excluding tert-OH is 1. The molecule has 0 amide bonds. The number of aliphatic hydroxyl groups is 1. The Morgan fingerprint density at radius 1 is 1.25 bits per heavy atom. The van der Waals surface area contributed by atoms with E-state index < -0.39 is 0 Å². The van der Waals surface area contributed by atoms with E-state index in [-0.39, 0.29) is 6.61 Å². The summed E-state index contributed by atoms with van der Waals surface area (Å²) in [7, 11) is 0. The Kier molecular flexibility index (Phi) is 8.88. The van der Waals surface area contributed by atoms with Gasteiger partial charge in [0.2, 0.25) is 0 Å². The highest BCUT2D eigenvalue weighted by Crippen LogP contribution is 1.89. The number of hydrogen-bond donors (Lipinski definition) is 2. The lowest BCUT2D eigenvalue weighted by Crippen LogP contribution is -2.23. The van der Waals surface area contributed by atoms with Crippen molar-refractivity contribution in [3.8, 4) is 0 Å². The molecule has 3 heteroatoms. The van der Waals surface area contributed by atoms with Crippen LogP contribution in [0, 0.1) is 0 Å². The van der Waals surface area contributed by atoms with Crippen LogP contribution < -0.4 is 5.32 Å². The zero-order valence-electron chi connectivity index (χ0n) is 8.18. The first-order chi connectivity index (χ1) is 5.77. The quantitative estimate of drug-likeness (QED) is 0.535. The van der Waals surface area contributed by atoms with Gasteiger partial charge >= 0.3 is 0 Å². The van der Waals surface area contributed by atoms with Gasteiger partial charge in [-0.2, -0.15) is 0 Å². The zero-order chi connectivity index (χ0) is 9.23. The summed E-state index contributed by atoms with van der Waals surface area (Å²) < 4.78 is 5.11. The van der Waals surface area contributed by atoms with Crippen LogP contribution in [0.25, 0.3) is 0 Å². The monoisotopic (exact) mass is 175 g/mol. The van der Waals surface area contributed by atoms with E-state index in [1.807, 2.05) is 0 Å². The molecule has 0 unspecified atom stereocenters. The number of nitrogens with one attached hydrogen (secondary N) is 1. The summed E-state index contributed by atoms with van der Waals surface area (Å²) in [6, 6.07) is 0.573. The molecule has 0 aliphatic carbocycles. The molecular formula is C9H21NO2. The summed E-state index contributed by atoms with van der Waals surface area (Å²) in [4.78, 5) is 0. The summed E-state index contributed by atoms with van der Waals surface area (Å²) >= 11 is 0. The molecule has 0 radical (unpaired) electrons. The average Bonchev–Trinajstić information content (AvgIpc) is 2.02. The predicted octanol–water partition coefficient (Wildman–Crippen LogP) is 0.773. The van der Waals surface area contributed by atoms with E-state index in [2.05, 4.69) is 19.2 Å². The van der Waals surface area contributed by atoms with Gasteiger partial charge in [0.05, 0.1) is 13.2 Å². The molecule has 0 rings (SSSR count). The Labute approximate surface area is 75.1 Å². The van der Waals surface area contributed by atoms with Crippen molar-refractivity contribution in [2.45, 2.75) is 32.7 Å². The lowest BCUT2D eigenvalue weighted by Gasteiger charge is -2.07. The number of unbranched alkanes of at least 4 members (excludes halogenated alkanes) is 1. The first-order valence-electron chi connectivity index (χ1n) is 4.69. The second kappa shape index (κ2) is 8.97. The van der Waals surface area contributed by atoms with Crippen LogP contribution in [0.2, 0.25) is 0 Å². The number of ether oxygens (including phenoxy) is 1. The molecule has 3 nitrogen and oxygen atoms in total. The van der Waals surface area contributed by atoms with Crippen LogP contribution in [0.1, 0.15) is 26.7 Å². The fraction of sp³-hybridized carbons (Fsp3) is 1.00. The van der Waals surface area contributed by atoms with Gasteiger partial charge < -0.3 is 15.2 Å². The van der Waals surface area contributed by atoms with Crippen LogP contribution >= 0.6 is 0 Å². The van der Waals surface area contributed by atoms with E-state index in [9.17, 15) is 0 Å². The van der Waals surface area contributed by atoms with E-state index in [0.29, 0.717) is 12.6 Å². The fourth-order valence-electron chi connectivity index (χ4n) is 0.886. The van der Waals surface area contributed by atoms with E-state index in [4.69, 9.17) is 9.84 Å². The van der Waals surface area contributed by atoms with Crippen molar-refractivity contribution in [2.75, 3.05) is 26.4 Å². The maximum Gasteiger partial charge on any atom is 0.0697 e. The third-order valence-electron chi connectivity index (χ3n) is 1.50. The second-order valence-corrected chi connectivity index (χ2v) is 3.15. The van der Waals surface area contributed by atoms with Gasteiger partial charge in [-0.3, -0.25) is 0 Å². The fourth-order valence-corrected chi connectivity index (χ4v) is 0.886. The van der Waals surface area contributed by atoms with E-state index >= 15 is 0 Å². The van der Waals surface area contributed by atoms with Crippen LogP contribution in [-0.4, -0.2) is 37.5 Å². The average molecular weight is 175 g/mol. The Hall–Kier alpha value is -0.120. The second-order valence-electron chi connectivity index (χ2n) is 3.15. The van der Waals surface area contributed by atoms with Crippen LogP contribution in [0.15, 0.2) is 0 Å². The van der Waals surface area contributed by atoms with E-state index in [1.165, 1.54) is 0 Å². The smallest absolute Gasteiger partial charge is 0.0697 e. The maximum absolute atomic E-state index is 8.40. The molecular weight excluding hydrogens is 154 g/mol. The molecule has 0 spiro atoms. The molecule has 0 saturated heterocycles. The van der Waals surface area contributed by atoms with E-state index in [0.717, 1.165) is 26.0 Å². The van der Waals surface area contributed by atoms with Crippen molar-refractivity contribution in [3.63, 3.8) is 0 Å². The number of hydrogen-bond acceptors (Lipinski definition) is 3. The van der Waals surface area contributed by atoms with Gasteiger partial charge in [-0.25, -0.2) is 0 Å². The van der Waals surface area contributed by atoms with Crippen molar-refractivity contribution in [1.29, 1.82) is 0 Å². The van der Waals surface area contributed by atoms with Crippen molar-refractivity contribution in [1.82, 2.24) is 5.32 Å². The Morgan fingerprint density at radius 3 is 2.58 bits per heavy atom. The molecule has 2 N–H and O–H groups in total. The normalized spacial score (nSPS) is 11.0. The molecule has 0 saturated carbocycles. The largest absolute Gasteiger partial charge is 0.394 e. The van der Waals surface area contributed by atoms with Crippen molar-refractivity contribution < 1.29 is 9.84 Å². The first kappa shape index (κ1) is 11.9. The topological polar surface area (TPSA) is 41.5 Å². The van der Waals surface area contributed by atoms with Crippen LogP contribution in [-0.2, 0) is 4.74 Å². The minimum Gasteiger partial charge on any atom is -0.394 e. The molecule has 0 aromatic heterocycles. The van der Waals surface area contributed by atoms with Gasteiger partial charge in [-0.15, -0.1) is 0 Å². The number of rotatable bonds is 8. The van der Waals surface area contributed by atoms with Gasteiger partial charge in [-0.05, 0) is 19.4 Å². The van der Waals surface area contributed by atoms with Crippen LogP contribution in [0.4, 0.5) is 0 Å². The van der Waals surface area contributed by atoms with Crippen LogP contribution in [0.3, 0.4) is 0 Å². The molecule has 0 aliphatic heterocycles. The third-order valence-corrected chi connectivity index (χ3v) is 1.50. The molecule has 0 aliphatic rings. The summed E-state index contributed by atoms with van der Waals surface area (Å²) in [6.07, 6.45) is 2.21. The standard InChI is InChI=1S/C9H21NO2/c1-9(2)10-5-3-4-7-12-8-6-11/h9-11H,3-8H2,1-2H3. The molecule has 0 atom stereocenters. The summed E-state index contributed by atoms with van der Waals surface area (Å²) in [5.41, 5.74) is 0. The Balaban J connectivity index is 2.82. The van der Waals surface area contributed by atoms with Gasteiger partial charge in [0.15, 0.2) is 0 Å². The van der Waals surface area contributed by atoms with Crippen molar-refractivity contribution >= 4 is 0 Å². The SMILES string of the molecule is CC(C)NCCCCOCCO. The van der Waals surface area contributed by atoms with Crippen molar-refractivity contribution in [3.05, 3.63) is 0 Å². The highest BCUT2D eigenvalue weighted by Gasteiger charge is 1.91. The molecule has 0 heterocycles. The molecule has 74 valence electrons. The lowest BCUT2D eigenvalue weighted by atomic mass is 10.3. The summed E-state index contributed by atoms with van der Waals surface area (Å²) in [6.45, 7) is 6.70. The van der Waals surface area contributed by atoms with Gasteiger partial charge in [0.25, 0.3) is 0 Å². The van der Waals surface area contributed by atoms with Crippen molar-refractivity contribution in [2.24, 2.45) is 0 Å². The molecule has 12 heavy (non-hydrogen) atoms. The van der Waals surface area contributed by atoms with Gasteiger partial charge in [0.1, 0.15) is 0 Å². The minimum atomic E-state index is 0.129. The lowest BCUT2D eigenvalue weighted by molar-refractivity contribution is 0.0898. The molecule has 0 bridgehead atoms. The Bertz CT molecular complexity index is 86.6.